The van der Waals surface area contributed by atoms with Gasteiger partial charge in [0.1, 0.15) is 0 Å². The molecule has 1 N–H and O–H groups in total. The van der Waals surface area contributed by atoms with Gasteiger partial charge in [-0.1, -0.05) is 22.9 Å². The van der Waals surface area contributed by atoms with E-state index in [1.165, 1.54) is 11.3 Å². The first-order valence-corrected chi connectivity index (χ1v) is 7.28. The van der Waals surface area contributed by atoms with Crippen LogP contribution in [0.5, 0.6) is 0 Å². The maximum Gasteiger partial charge on any atom is 0.247 e. The van der Waals surface area contributed by atoms with Gasteiger partial charge in [0, 0.05) is 5.02 Å². The predicted molar refractivity (Wildman–Crippen MR) is 67.7 cm³/mol. The molecule has 5 nitrogen and oxygen atoms in total. The lowest BCUT2D eigenvalue weighted by molar-refractivity contribution is 0.604. The van der Waals surface area contributed by atoms with E-state index in [2.05, 4.69) is 9.71 Å². The number of nitrogens with one attached hydrogen (secondary N) is 1. The van der Waals surface area contributed by atoms with Gasteiger partial charge in [-0.3, -0.25) is 4.72 Å². The molecule has 0 unspecified atom stereocenters. The van der Waals surface area contributed by atoms with Gasteiger partial charge in [-0.05, 0) is 18.2 Å². The second-order valence-electron chi connectivity index (χ2n) is 3.15. The van der Waals surface area contributed by atoms with Crippen molar-refractivity contribution in [3.8, 4) is 6.07 Å². The molecule has 2 aromatic rings. The summed E-state index contributed by atoms with van der Waals surface area (Å²) in [6, 6.07) is 6.66. The van der Waals surface area contributed by atoms with Crippen LogP contribution in [0.3, 0.4) is 0 Å². The molecule has 1 aromatic carbocycles. The highest BCUT2D eigenvalue weighted by atomic mass is 35.5. The zero-order valence-corrected chi connectivity index (χ0v) is 10.7. The third kappa shape index (κ3) is 2.85. The fraction of sp³-hybridized carbons (Fsp3) is 0.111. The van der Waals surface area contributed by atoms with E-state index in [1.54, 1.807) is 24.3 Å². The first-order valence-electron chi connectivity index (χ1n) is 4.44. The van der Waals surface area contributed by atoms with Crippen molar-refractivity contribution in [3.63, 3.8) is 0 Å². The quantitative estimate of drug-likeness (QED) is 0.938. The first-order chi connectivity index (χ1) is 8.00. The Balaban J connectivity index is 2.35. The number of benzene rings is 1. The number of rotatable bonds is 3. The van der Waals surface area contributed by atoms with Crippen molar-refractivity contribution < 1.29 is 8.42 Å². The van der Waals surface area contributed by atoms with E-state index >= 15 is 0 Å². The van der Waals surface area contributed by atoms with Crippen molar-refractivity contribution in [1.29, 1.82) is 5.26 Å². The second kappa shape index (κ2) is 4.49. The zero-order chi connectivity index (χ0) is 12.5. The standard InChI is InChI=1S/C9H6ClN3O2S2/c10-6-1-2-7-8(5-6)16-9(12-7)13-17(14,15)4-3-11/h1-2,5H,4H2,(H,12,13). The predicted octanol–water partition coefficient (Wildman–Crippen LogP) is 2.21. The third-order valence-corrected chi connectivity index (χ3v) is 4.16. The zero-order valence-electron chi connectivity index (χ0n) is 8.34. The summed E-state index contributed by atoms with van der Waals surface area (Å²) in [4.78, 5) is 4.08. The molecule has 0 bridgehead atoms. The van der Waals surface area contributed by atoms with Gasteiger partial charge < -0.3 is 0 Å². The summed E-state index contributed by atoms with van der Waals surface area (Å²) in [7, 11) is -3.64. The average Bonchev–Trinajstić information content (AvgIpc) is 2.57. The first kappa shape index (κ1) is 12.1. The minimum Gasteiger partial charge on any atom is -0.258 e. The van der Waals surface area contributed by atoms with E-state index in [9.17, 15) is 8.42 Å². The van der Waals surface area contributed by atoms with Crippen molar-refractivity contribution >= 4 is 48.3 Å². The summed E-state index contributed by atoms with van der Waals surface area (Å²) < 4.78 is 25.7. The van der Waals surface area contributed by atoms with Gasteiger partial charge in [0.25, 0.3) is 0 Å². The Bertz CT molecular complexity index is 703. The minimum absolute atomic E-state index is 0.234. The van der Waals surface area contributed by atoms with E-state index in [4.69, 9.17) is 16.9 Å². The van der Waals surface area contributed by atoms with Gasteiger partial charge >= 0.3 is 0 Å². The molecule has 0 saturated heterocycles. The Morgan fingerprint density at radius 3 is 3.00 bits per heavy atom. The van der Waals surface area contributed by atoms with E-state index < -0.39 is 15.8 Å². The van der Waals surface area contributed by atoms with Crippen molar-refractivity contribution in [2.75, 3.05) is 10.5 Å². The molecule has 1 aromatic heterocycles. The van der Waals surface area contributed by atoms with E-state index in [-0.39, 0.29) is 5.13 Å². The van der Waals surface area contributed by atoms with E-state index in [0.29, 0.717) is 10.5 Å². The molecule has 0 aliphatic rings. The van der Waals surface area contributed by atoms with Crippen LogP contribution in [-0.2, 0) is 10.0 Å². The maximum atomic E-state index is 11.4. The van der Waals surface area contributed by atoms with Gasteiger partial charge in [0.05, 0.1) is 16.3 Å². The monoisotopic (exact) mass is 287 g/mol. The Morgan fingerprint density at radius 1 is 1.53 bits per heavy atom. The molecule has 0 saturated carbocycles. The topological polar surface area (TPSA) is 82.8 Å². The van der Waals surface area contributed by atoms with Crippen LogP contribution in [0.2, 0.25) is 5.02 Å². The summed E-state index contributed by atoms with van der Waals surface area (Å²) in [6.07, 6.45) is 0. The van der Waals surface area contributed by atoms with Gasteiger partial charge in [0.15, 0.2) is 10.9 Å². The smallest absolute Gasteiger partial charge is 0.247 e. The molecule has 88 valence electrons. The molecule has 0 aliphatic carbocycles. The maximum absolute atomic E-state index is 11.4. The lowest BCUT2D eigenvalue weighted by Crippen LogP contribution is -2.15. The molecule has 2 rings (SSSR count). The Hall–Kier alpha value is -1.36. The van der Waals surface area contributed by atoms with Crippen molar-refractivity contribution in [2.45, 2.75) is 0 Å². The number of hydrogen-bond acceptors (Lipinski definition) is 5. The molecule has 0 fully saturated rings. The van der Waals surface area contributed by atoms with Crippen LogP contribution in [0, 0.1) is 11.3 Å². The highest BCUT2D eigenvalue weighted by molar-refractivity contribution is 7.93. The summed E-state index contributed by atoms with van der Waals surface area (Å²) in [5.41, 5.74) is 0.661. The van der Waals surface area contributed by atoms with Crippen LogP contribution >= 0.6 is 22.9 Å². The number of nitrogens with zero attached hydrogens (tertiary/aromatic N) is 2. The molecule has 17 heavy (non-hydrogen) atoms. The van der Waals surface area contributed by atoms with Crippen LogP contribution in [0.4, 0.5) is 5.13 Å². The highest BCUT2D eigenvalue weighted by Crippen LogP contribution is 2.28. The molecule has 0 atom stereocenters. The molecule has 0 aliphatic heterocycles. The number of halogens is 1. The molecule has 8 heteroatoms. The minimum atomic E-state index is -3.64. The second-order valence-corrected chi connectivity index (χ2v) is 6.34. The Labute approximate surface area is 107 Å². The van der Waals surface area contributed by atoms with Gasteiger partial charge in [-0.25, -0.2) is 13.4 Å². The largest absolute Gasteiger partial charge is 0.258 e. The average molecular weight is 288 g/mol. The number of nitriles is 1. The van der Waals surface area contributed by atoms with Crippen LogP contribution in [-0.4, -0.2) is 19.2 Å². The molecule has 0 spiro atoms. The lowest BCUT2D eigenvalue weighted by Gasteiger charge is -1.98. The number of hydrogen-bond donors (Lipinski definition) is 1. The van der Waals surface area contributed by atoms with Gasteiger partial charge in [-0.2, -0.15) is 5.26 Å². The lowest BCUT2D eigenvalue weighted by atomic mass is 10.3. The SMILES string of the molecule is N#CCS(=O)(=O)Nc1nc2ccc(Cl)cc2s1. The number of thiazole rings is 1. The van der Waals surface area contributed by atoms with Gasteiger partial charge in [0.2, 0.25) is 10.0 Å². The van der Waals surface area contributed by atoms with Crippen LogP contribution in [0.25, 0.3) is 10.2 Å². The summed E-state index contributed by atoms with van der Waals surface area (Å²) in [5.74, 6) is -0.594. The molecular formula is C9H6ClN3O2S2. The summed E-state index contributed by atoms with van der Waals surface area (Å²) in [6.45, 7) is 0. The third-order valence-electron chi connectivity index (χ3n) is 1.85. The number of anilines is 1. The number of sulfonamides is 1. The van der Waals surface area contributed by atoms with Crippen LogP contribution in [0.1, 0.15) is 0 Å². The highest BCUT2D eigenvalue weighted by Gasteiger charge is 2.12. The van der Waals surface area contributed by atoms with Crippen LogP contribution < -0.4 is 4.72 Å². The normalized spacial score (nSPS) is 11.3. The van der Waals surface area contributed by atoms with Crippen molar-refractivity contribution in [1.82, 2.24) is 4.98 Å². The summed E-state index contributed by atoms with van der Waals surface area (Å²) >= 11 is 6.98. The van der Waals surface area contributed by atoms with Crippen molar-refractivity contribution in [3.05, 3.63) is 23.2 Å². The molecule has 0 amide bonds. The van der Waals surface area contributed by atoms with Gasteiger partial charge in [-0.15, -0.1) is 0 Å². The fourth-order valence-corrected chi connectivity index (χ4v) is 3.29. The Morgan fingerprint density at radius 2 is 2.29 bits per heavy atom. The summed E-state index contributed by atoms with van der Waals surface area (Å²) in [5, 5.41) is 9.15. The molecule has 0 radical (unpaired) electrons. The number of aromatic nitrogens is 1. The molecule has 1 heterocycles. The van der Waals surface area contributed by atoms with E-state index in [1.807, 2.05) is 0 Å². The number of fused-ring (bicyclic) bond motifs is 1. The Kier molecular flexibility index (Phi) is 3.19. The van der Waals surface area contributed by atoms with Crippen LogP contribution in [0.15, 0.2) is 18.2 Å². The fourth-order valence-electron chi connectivity index (χ4n) is 1.20. The van der Waals surface area contributed by atoms with E-state index in [0.717, 1.165) is 4.70 Å². The van der Waals surface area contributed by atoms with Crippen molar-refractivity contribution in [2.24, 2.45) is 0 Å². The molecular weight excluding hydrogens is 282 g/mol.